The summed E-state index contributed by atoms with van der Waals surface area (Å²) in [4.78, 5) is 4.71. The van der Waals surface area contributed by atoms with Gasteiger partial charge in [-0.2, -0.15) is 0 Å². The second-order valence-electron chi connectivity index (χ2n) is 5.50. The molecule has 4 nitrogen and oxygen atoms in total. The van der Waals surface area contributed by atoms with Crippen LogP contribution in [0.2, 0.25) is 5.02 Å². The Hall–Kier alpha value is -0.810. The molecule has 0 saturated carbocycles. The van der Waals surface area contributed by atoms with Gasteiger partial charge in [0.15, 0.2) is 0 Å². The third-order valence-electron chi connectivity index (χ3n) is 3.92. The lowest BCUT2D eigenvalue weighted by atomic mass is 10.1. The highest BCUT2D eigenvalue weighted by Crippen LogP contribution is 2.26. The van der Waals surface area contributed by atoms with Crippen LogP contribution in [0.1, 0.15) is 18.9 Å². The largest absolute Gasteiger partial charge is 0.395 e. The van der Waals surface area contributed by atoms with Gasteiger partial charge in [0.1, 0.15) is 0 Å². The number of rotatable bonds is 7. The van der Waals surface area contributed by atoms with Crippen LogP contribution in [0.15, 0.2) is 18.2 Å². The maximum absolute atomic E-state index is 9.02. The quantitative estimate of drug-likeness (QED) is 0.755. The molecule has 1 aliphatic rings. The number of aliphatic hydroxyl groups excluding tert-OH is 1. The third-order valence-corrected chi connectivity index (χ3v) is 4.15. The monoisotopic (exact) mass is 311 g/mol. The average Bonchev–Trinajstić information content (AvgIpc) is 2.50. The summed E-state index contributed by atoms with van der Waals surface area (Å²) in [6.45, 7) is 9.07. The molecular weight excluding hydrogens is 286 g/mol. The standard InChI is InChI=1S/C16H26ClN3O/c1-2-5-18-13-14-3-4-15(17)12-16(14)20-8-6-19(7-9-20)10-11-21/h3-4,12,18,21H,2,5-11,13H2,1H3. The van der Waals surface area contributed by atoms with Crippen molar-refractivity contribution in [2.24, 2.45) is 0 Å². The van der Waals surface area contributed by atoms with E-state index in [1.165, 1.54) is 11.3 Å². The Labute approximate surface area is 132 Å². The van der Waals surface area contributed by atoms with Gasteiger partial charge in [-0.15, -0.1) is 0 Å². The van der Waals surface area contributed by atoms with E-state index in [1.807, 2.05) is 6.07 Å². The lowest BCUT2D eigenvalue weighted by Crippen LogP contribution is -2.47. The highest BCUT2D eigenvalue weighted by molar-refractivity contribution is 6.30. The van der Waals surface area contributed by atoms with Crippen molar-refractivity contribution in [2.45, 2.75) is 19.9 Å². The first-order valence-electron chi connectivity index (χ1n) is 7.82. The Kier molecular flexibility index (Phi) is 6.77. The average molecular weight is 312 g/mol. The molecule has 1 aromatic carbocycles. The topological polar surface area (TPSA) is 38.7 Å². The number of benzene rings is 1. The van der Waals surface area contributed by atoms with E-state index in [4.69, 9.17) is 16.7 Å². The molecule has 21 heavy (non-hydrogen) atoms. The summed E-state index contributed by atoms with van der Waals surface area (Å²) >= 11 is 6.19. The van der Waals surface area contributed by atoms with Gasteiger partial charge < -0.3 is 15.3 Å². The summed E-state index contributed by atoms with van der Waals surface area (Å²) in [6.07, 6.45) is 1.14. The van der Waals surface area contributed by atoms with E-state index < -0.39 is 0 Å². The van der Waals surface area contributed by atoms with Crippen molar-refractivity contribution in [3.05, 3.63) is 28.8 Å². The van der Waals surface area contributed by atoms with E-state index in [2.05, 4.69) is 34.2 Å². The van der Waals surface area contributed by atoms with E-state index >= 15 is 0 Å². The normalized spacial score (nSPS) is 16.4. The molecule has 2 rings (SSSR count). The van der Waals surface area contributed by atoms with Gasteiger partial charge in [-0.1, -0.05) is 24.6 Å². The zero-order valence-electron chi connectivity index (χ0n) is 12.8. The Morgan fingerprint density at radius 3 is 2.67 bits per heavy atom. The van der Waals surface area contributed by atoms with Crippen LogP contribution in [-0.4, -0.2) is 55.9 Å². The fraction of sp³-hybridized carbons (Fsp3) is 0.625. The summed E-state index contributed by atoms with van der Waals surface area (Å²) in [5.74, 6) is 0. The first kappa shape index (κ1) is 16.6. The molecule has 0 bridgehead atoms. The van der Waals surface area contributed by atoms with E-state index in [0.717, 1.165) is 57.3 Å². The molecule has 0 aromatic heterocycles. The zero-order chi connectivity index (χ0) is 15.1. The van der Waals surface area contributed by atoms with Crippen molar-refractivity contribution in [3.63, 3.8) is 0 Å². The molecule has 118 valence electrons. The molecule has 1 saturated heterocycles. The molecule has 0 aliphatic carbocycles. The van der Waals surface area contributed by atoms with Crippen molar-refractivity contribution in [2.75, 3.05) is 50.8 Å². The van der Waals surface area contributed by atoms with Gasteiger partial charge in [-0.05, 0) is 30.7 Å². The van der Waals surface area contributed by atoms with E-state index in [1.54, 1.807) is 0 Å². The van der Waals surface area contributed by atoms with Crippen LogP contribution in [0.5, 0.6) is 0 Å². The first-order valence-corrected chi connectivity index (χ1v) is 8.19. The number of anilines is 1. The van der Waals surface area contributed by atoms with Crippen molar-refractivity contribution in [3.8, 4) is 0 Å². The van der Waals surface area contributed by atoms with E-state index in [-0.39, 0.29) is 6.61 Å². The molecule has 1 fully saturated rings. The molecule has 1 aliphatic heterocycles. The highest BCUT2D eigenvalue weighted by atomic mass is 35.5. The highest BCUT2D eigenvalue weighted by Gasteiger charge is 2.18. The predicted molar refractivity (Wildman–Crippen MR) is 89.2 cm³/mol. The maximum Gasteiger partial charge on any atom is 0.0558 e. The number of nitrogens with one attached hydrogen (secondary N) is 1. The van der Waals surface area contributed by atoms with Gasteiger partial charge in [0.25, 0.3) is 0 Å². The number of piperazine rings is 1. The molecule has 0 unspecified atom stereocenters. The molecule has 2 N–H and O–H groups in total. The molecule has 0 spiro atoms. The van der Waals surface area contributed by atoms with Crippen LogP contribution in [-0.2, 0) is 6.54 Å². The Bertz CT molecular complexity index is 434. The van der Waals surface area contributed by atoms with Crippen LogP contribution >= 0.6 is 11.6 Å². The van der Waals surface area contributed by atoms with Crippen molar-refractivity contribution in [1.29, 1.82) is 0 Å². The molecular formula is C16H26ClN3O. The Balaban J connectivity index is 2.02. The summed E-state index contributed by atoms with van der Waals surface area (Å²) in [5, 5.41) is 13.3. The fourth-order valence-electron chi connectivity index (χ4n) is 2.73. The van der Waals surface area contributed by atoms with Crippen LogP contribution in [0, 0.1) is 0 Å². The van der Waals surface area contributed by atoms with Gasteiger partial charge >= 0.3 is 0 Å². The predicted octanol–water partition coefficient (Wildman–Crippen LogP) is 1.95. The fourth-order valence-corrected chi connectivity index (χ4v) is 2.90. The Morgan fingerprint density at radius 2 is 2.00 bits per heavy atom. The summed E-state index contributed by atoms with van der Waals surface area (Å²) < 4.78 is 0. The van der Waals surface area contributed by atoms with Crippen LogP contribution in [0.4, 0.5) is 5.69 Å². The molecule has 0 atom stereocenters. The first-order chi connectivity index (χ1) is 10.2. The lowest BCUT2D eigenvalue weighted by molar-refractivity contribution is 0.188. The minimum atomic E-state index is 0.239. The van der Waals surface area contributed by atoms with E-state index in [9.17, 15) is 0 Å². The number of β-amino-alcohol motifs (C(OH)–C–C–N with tert-alkyl or cyclic N) is 1. The van der Waals surface area contributed by atoms with Gasteiger partial charge in [0.2, 0.25) is 0 Å². The third kappa shape index (κ3) is 4.85. The van der Waals surface area contributed by atoms with Crippen LogP contribution in [0.3, 0.4) is 0 Å². The van der Waals surface area contributed by atoms with Gasteiger partial charge in [0.05, 0.1) is 6.61 Å². The van der Waals surface area contributed by atoms with Gasteiger partial charge in [-0.3, -0.25) is 4.90 Å². The second-order valence-corrected chi connectivity index (χ2v) is 5.94. The minimum Gasteiger partial charge on any atom is -0.395 e. The van der Waals surface area contributed by atoms with Crippen LogP contribution < -0.4 is 10.2 Å². The van der Waals surface area contributed by atoms with E-state index in [0.29, 0.717) is 0 Å². The zero-order valence-corrected chi connectivity index (χ0v) is 13.6. The molecule has 0 amide bonds. The number of nitrogens with zero attached hydrogens (tertiary/aromatic N) is 2. The molecule has 0 radical (unpaired) electrons. The van der Waals surface area contributed by atoms with Crippen LogP contribution in [0.25, 0.3) is 0 Å². The summed E-state index contributed by atoms with van der Waals surface area (Å²) in [5.41, 5.74) is 2.55. The van der Waals surface area contributed by atoms with Crippen molar-refractivity contribution >= 4 is 17.3 Å². The molecule has 1 aromatic rings. The van der Waals surface area contributed by atoms with Crippen molar-refractivity contribution in [1.82, 2.24) is 10.2 Å². The van der Waals surface area contributed by atoms with Crippen molar-refractivity contribution < 1.29 is 5.11 Å². The molecule has 1 heterocycles. The number of aliphatic hydroxyl groups is 1. The smallest absolute Gasteiger partial charge is 0.0558 e. The molecule has 5 heteroatoms. The van der Waals surface area contributed by atoms with Gasteiger partial charge in [0, 0.05) is 50.0 Å². The number of halogens is 1. The second kappa shape index (κ2) is 8.59. The number of hydrogen-bond acceptors (Lipinski definition) is 4. The summed E-state index contributed by atoms with van der Waals surface area (Å²) in [6, 6.07) is 6.17. The maximum atomic E-state index is 9.02. The SMILES string of the molecule is CCCNCc1ccc(Cl)cc1N1CCN(CCO)CC1. The minimum absolute atomic E-state index is 0.239. The number of hydrogen-bond donors (Lipinski definition) is 2. The lowest BCUT2D eigenvalue weighted by Gasteiger charge is -2.36. The Morgan fingerprint density at radius 1 is 1.24 bits per heavy atom. The summed E-state index contributed by atoms with van der Waals surface area (Å²) in [7, 11) is 0. The van der Waals surface area contributed by atoms with Gasteiger partial charge in [-0.25, -0.2) is 0 Å².